The Labute approximate surface area is 269 Å². The fourth-order valence-electron chi connectivity index (χ4n) is 6.05. The number of esters is 1. The molecule has 2 atom stereocenters. The van der Waals surface area contributed by atoms with Crippen LogP contribution in [0.25, 0.3) is 0 Å². The van der Waals surface area contributed by atoms with E-state index in [0.717, 1.165) is 45.2 Å². The van der Waals surface area contributed by atoms with Gasteiger partial charge in [-0.05, 0) is 58.5 Å². The van der Waals surface area contributed by atoms with Gasteiger partial charge in [-0.25, -0.2) is 0 Å². The summed E-state index contributed by atoms with van der Waals surface area (Å²) in [5, 5.41) is 0. The Bertz CT molecular complexity index is 624. The highest BCUT2D eigenvalue weighted by Gasteiger charge is 2.23. The Balaban J connectivity index is 4.77. The monoisotopic (exact) mass is 609 g/mol. The molecule has 0 N–H and O–H groups in total. The van der Waals surface area contributed by atoms with Crippen molar-refractivity contribution >= 4 is 11.9 Å². The van der Waals surface area contributed by atoms with E-state index in [9.17, 15) is 9.59 Å². The van der Waals surface area contributed by atoms with Crippen LogP contribution in [0, 0.1) is 5.92 Å². The average molecular weight is 609 g/mol. The maximum Gasteiger partial charge on any atom is 0.305 e. The molecule has 0 rings (SSSR count). The van der Waals surface area contributed by atoms with Gasteiger partial charge in [0.1, 0.15) is 0 Å². The molecule has 0 aliphatic carbocycles. The van der Waals surface area contributed by atoms with Crippen LogP contribution in [0.5, 0.6) is 0 Å². The van der Waals surface area contributed by atoms with E-state index in [-0.39, 0.29) is 11.9 Å². The van der Waals surface area contributed by atoms with Gasteiger partial charge in [-0.15, -0.1) is 0 Å². The number of amides is 1. The van der Waals surface area contributed by atoms with Gasteiger partial charge in [-0.3, -0.25) is 9.59 Å². The first-order chi connectivity index (χ1) is 20.9. The van der Waals surface area contributed by atoms with E-state index in [4.69, 9.17) is 4.74 Å². The summed E-state index contributed by atoms with van der Waals surface area (Å²) in [6, 6.07) is 0.349. The third-order valence-electron chi connectivity index (χ3n) is 9.01. The van der Waals surface area contributed by atoms with E-state index < -0.39 is 0 Å². The van der Waals surface area contributed by atoms with Gasteiger partial charge in [0, 0.05) is 32.0 Å². The average Bonchev–Trinajstić information content (AvgIpc) is 2.99. The predicted octanol–water partition coefficient (Wildman–Crippen LogP) is 10.7. The SMILES string of the molecule is CCCCCCCCCCC(CCCCC)N(CCN(C)C)C(=O)CCCCC(=O)OCC(CCCC)CCCCCC. The van der Waals surface area contributed by atoms with Crippen LogP contribution < -0.4 is 0 Å². The quantitative estimate of drug-likeness (QED) is 0.0563. The number of rotatable bonds is 32. The summed E-state index contributed by atoms with van der Waals surface area (Å²) in [7, 11) is 4.19. The van der Waals surface area contributed by atoms with Crippen molar-refractivity contribution < 1.29 is 14.3 Å². The summed E-state index contributed by atoms with van der Waals surface area (Å²) >= 11 is 0. The summed E-state index contributed by atoms with van der Waals surface area (Å²) in [4.78, 5) is 30.5. The van der Waals surface area contributed by atoms with Crippen LogP contribution in [-0.4, -0.2) is 61.5 Å². The third kappa shape index (κ3) is 25.9. The maximum absolute atomic E-state index is 13.6. The molecule has 0 saturated carbocycles. The molecule has 0 aromatic rings. The Morgan fingerprint density at radius 1 is 0.535 bits per heavy atom. The van der Waals surface area contributed by atoms with Crippen LogP contribution in [0.3, 0.4) is 0 Å². The zero-order chi connectivity index (χ0) is 32.0. The van der Waals surface area contributed by atoms with Crippen molar-refractivity contribution in [2.45, 2.75) is 194 Å². The number of hydrogen-bond acceptors (Lipinski definition) is 4. The lowest BCUT2D eigenvalue weighted by Gasteiger charge is -2.33. The molecule has 2 unspecified atom stereocenters. The molecule has 0 heterocycles. The highest BCUT2D eigenvalue weighted by atomic mass is 16.5. The van der Waals surface area contributed by atoms with Crippen LogP contribution in [0.4, 0.5) is 0 Å². The van der Waals surface area contributed by atoms with Gasteiger partial charge in [0.15, 0.2) is 0 Å². The standard InChI is InChI=1S/C38H76N2O3/c1-7-11-15-17-18-19-20-23-29-36(28-21-13-9-3)40(33-32-39(5)6)37(41)30-24-25-31-38(42)43-34-35(26-14-10-4)27-22-16-12-8-2/h35-36H,7-34H2,1-6H3. The van der Waals surface area contributed by atoms with E-state index >= 15 is 0 Å². The van der Waals surface area contributed by atoms with Crippen molar-refractivity contribution in [1.82, 2.24) is 9.80 Å². The molecular weight excluding hydrogens is 532 g/mol. The molecule has 0 aliphatic heterocycles. The molecule has 256 valence electrons. The minimum absolute atomic E-state index is 0.0842. The fraction of sp³-hybridized carbons (Fsp3) is 0.947. The molecule has 0 fully saturated rings. The maximum atomic E-state index is 13.6. The summed E-state index contributed by atoms with van der Waals surface area (Å²) in [5.41, 5.74) is 0. The van der Waals surface area contributed by atoms with Crippen LogP contribution >= 0.6 is 0 Å². The number of hydrogen-bond donors (Lipinski definition) is 0. The van der Waals surface area contributed by atoms with Crippen molar-refractivity contribution in [3.05, 3.63) is 0 Å². The van der Waals surface area contributed by atoms with E-state index in [1.807, 2.05) is 0 Å². The van der Waals surface area contributed by atoms with Crippen LogP contribution in [0.15, 0.2) is 0 Å². The van der Waals surface area contributed by atoms with Gasteiger partial charge in [-0.2, -0.15) is 0 Å². The van der Waals surface area contributed by atoms with Crippen molar-refractivity contribution in [3.8, 4) is 0 Å². The molecule has 5 nitrogen and oxygen atoms in total. The lowest BCUT2D eigenvalue weighted by atomic mass is 9.96. The van der Waals surface area contributed by atoms with E-state index in [1.54, 1.807) is 0 Å². The number of carbonyl (C=O) groups is 2. The zero-order valence-electron chi connectivity index (χ0n) is 30.1. The minimum atomic E-state index is -0.0842. The predicted molar refractivity (Wildman–Crippen MR) is 187 cm³/mol. The number of likely N-dealkylation sites (N-methyl/N-ethyl adjacent to an activating group) is 1. The first-order valence-corrected chi connectivity index (χ1v) is 19.0. The number of ether oxygens (including phenoxy) is 1. The normalized spacial score (nSPS) is 12.9. The van der Waals surface area contributed by atoms with Gasteiger partial charge < -0.3 is 14.5 Å². The van der Waals surface area contributed by atoms with E-state index in [1.165, 1.54) is 116 Å². The molecule has 0 spiro atoms. The summed E-state index contributed by atoms with van der Waals surface area (Å²) < 4.78 is 5.72. The largest absolute Gasteiger partial charge is 0.465 e. The van der Waals surface area contributed by atoms with Gasteiger partial charge in [0.05, 0.1) is 6.61 Å². The summed E-state index contributed by atoms with van der Waals surface area (Å²) in [6.07, 6.45) is 28.8. The second-order valence-corrected chi connectivity index (χ2v) is 13.6. The summed E-state index contributed by atoms with van der Waals surface area (Å²) in [6.45, 7) is 11.3. The van der Waals surface area contributed by atoms with Gasteiger partial charge >= 0.3 is 5.97 Å². The molecule has 5 heteroatoms. The van der Waals surface area contributed by atoms with Crippen molar-refractivity contribution in [2.75, 3.05) is 33.8 Å². The topological polar surface area (TPSA) is 49.9 Å². The summed E-state index contributed by atoms with van der Waals surface area (Å²) in [5.74, 6) is 0.695. The molecule has 0 aromatic carbocycles. The molecular formula is C38H76N2O3. The van der Waals surface area contributed by atoms with Crippen LogP contribution in [-0.2, 0) is 14.3 Å². The fourth-order valence-corrected chi connectivity index (χ4v) is 6.05. The Hall–Kier alpha value is -1.10. The third-order valence-corrected chi connectivity index (χ3v) is 9.01. The number of carbonyl (C=O) groups excluding carboxylic acids is 2. The number of nitrogens with zero attached hydrogens (tertiary/aromatic N) is 2. The van der Waals surface area contributed by atoms with Gasteiger partial charge in [0.2, 0.25) is 5.91 Å². The molecule has 0 aromatic heterocycles. The minimum Gasteiger partial charge on any atom is -0.465 e. The lowest BCUT2D eigenvalue weighted by Crippen LogP contribution is -2.44. The van der Waals surface area contributed by atoms with Gasteiger partial charge in [-0.1, -0.05) is 137 Å². The van der Waals surface area contributed by atoms with Crippen molar-refractivity contribution in [2.24, 2.45) is 5.92 Å². The first kappa shape index (κ1) is 41.9. The van der Waals surface area contributed by atoms with Crippen LogP contribution in [0.2, 0.25) is 0 Å². The van der Waals surface area contributed by atoms with Crippen molar-refractivity contribution in [1.29, 1.82) is 0 Å². The Morgan fingerprint density at radius 3 is 1.60 bits per heavy atom. The van der Waals surface area contributed by atoms with E-state index in [2.05, 4.69) is 51.6 Å². The second-order valence-electron chi connectivity index (χ2n) is 13.6. The molecule has 43 heavy (non-hydrogen) atoms. The van der Waals surface area contributed by atoms with Crippen molar-refractivity contribution in [3.63, 3.8) is 0 Å². The first-order valence-electron chi connectivity index (χ1n) is 19.0. The van der Waals surface area contributed by atoms with Gasteiger partial charge in [0.25, 0.3) is 0 Å². The smallest absolute Gasteiger partial charge is 0.305 e. The molecule has 0 radical (unpaired) electrons. The van der Waals surface area contributed by atoms with E-state index in [0.29, 0.717) is 31.4 Å². The molecule has 0 saturated heterocycles. The molecule has 0 bridgehead atoms. The second kappa shape index (κ2) is 30.9. The Kier molecular flexibility index (Phi) is 30.1. The molecule has 0 aliphatic rings. The Morgan fingerprint density at radius 2 is 1.00 bits per heavy atom. The lowest BCUT2D eigenvalue weighted by molar-refractivity contribution is -0.145. The highest BCUT2D eigenvalue weighted by molar-refractivity contribution is 5.76. The molecule has 1 amide bonds. The van der Waals surface area contributed by atoms with Crippen LogP contribution in [0.1, 0.15) is 188 Å². The number of unbranched alkanes of at least 4 members (excludes halogenated alkanes) is 14. The zero-order valence-corrected chi connectivity index (χ0v) is 30.1. The highest BCUT2D eigenvalue weighted by Crippen LogP contribution is 2.21.